The van der Waals surface area contributed by atoms with Gasteiger partial charge in [-0.25, -0.2) is 13.6 Å². The SMILES string of the molecule is CCC(=O)N(c1ccc2ccccc2c1)C1CCN(CCc2ccc(S(N)(=O)=O)cc2)CC1. The zero-order chi connectivity index (χ0) is 23.4. The Morgan fingerprint density at radius 1 is 1.00 bits per heavy atom. The minimum absolute atomic E-state index is 0.140. The number of benzene rings is 3. The van der Waals surface area contributed by atoms with Gasteiger partial charge in [-0.1, -0.05) is 49.4 Å². The number of hydrogen-bond acceptors (Lipinski definition) is 4. The summed E-state index contributed by atoms with van der Waals surface area (Å²) < 4.78 is 22.8. The number of rotatable bonds is 7. The molecule has 1 saturated heterocycles. The molecule has 1 heterocycles. The second-order valence-corrected chi connectivity index (χ2v) is 10.2. The third-order valence-corrected chi connectivity index (χ3v) is 7.40. The van der Waals surface area contributed by atoms with Crippen molar-refractivity contribution in [3.05, 3.63) is 72.3 Å². The Morgan fingerprint density at radius 3 is 2.30 bits per heavy atom. The van der Waals surface area contributed by atoms with Crippen LogP contribution in [-0.4, -0.2) is 44.9 Å². The highest BCUT2D eigenvalue weighted by Crippen LogP contribution is 2.28. The Bertz CT molecular complexity index is 1220. The van der Waals surface area contributed by atoms with Gasteiger partial charge in [0.05, 0.1) is 4.90 Å². The summed E-state index contributed by atoms with van der Waals surface area (Å²) in [6, 6.07) is 21.5. The molecule has 6 nitrogen and oxygen atoms in total. The lowest BCUT2D eigenvalue weighted by Gasteiger charge is -2.38. The molecule has 0 spiro atoms. The number of fused-ring (bicyclic) bond motifs is 1. The van der Waals surface area contributed by atoms with Gasteiger partial charge in [-0.2, -0.15) is 0 Å². The van der Waals surface area contributed by atoms with Crippen molar-refractivity contribution in [3.63, 3.8) is 0 Å². The zero-order valence-corrected chi connectivity index (χ0v) is 19.8. The Balaban J connectivity index is 1.38. The molecule has 174 valence electrons. The topological polar surface area (TPSA) is 83.7 Å². The first kappa shape index (κ1) is 23.4. The maximum Gasteiger partial charge on any atom is 0.238 e. The first-order valence-electron chi connectivity index (χ1n) is 11.5. The molecule has 1 aliphatic heterocycles. The fourth-order valence-electron chi connectivity index (χ4n) is 4.59. The number of primary sulfonamides is 1. The summed E-state index contributed by atoms with van der Waals surface area (Å²) in [5.74, 6) is 0.165. The zero-order valence-electron chi connectivity index (χ0n) is 19.0. The summed E-state index contributed by atoms with van der Waals surface area (Å²) in [6.07, 6.45) is 3.20. The molecule has 3 aromatic carbocycles. The first-order valence-corrected chi connectivity index (χ1v) is 13.0. The van der Waals surface area contributed by atoms with E-state index in [4.69, 9.17) is 5.14 Å². The normalized spacial score (nSPS) is 15.6. The van der Waals surface area contributed by atoms with Gasteiger partial charge >= 0.3 is 0 Å². The standard InChI is InChI=1S/C26H31N3O3S/c1-2-26(30)29(24-10-9-21-5-3-4-6-22(21)19-24)23-14-17-28(18-15-23)16-13-20-7-11-25(12-8-20)33(27,31)32/h3-12,19,23H,2,13-18H2,1H3,(H2,27,31,32). The number of nitrogens with two attached hydrogens (primary N) is 1. The fraction of sp³-hybridized carbons (Fsp3) is 0.346. The number of sulfonamides is 1. The van der Waals surface area contributed by atoms with E-state index in [1.54, 1.807) is 12.1 Å². The van der Waals surface area contributed by atoms with Gasteiger partial charge in [0.2, 0.25) is 15.9 Å². The van der Waals surface area contributed by atoms with Crippen molar-refractivity contribution in [2.24, 2.45) is 5.14 Å². The van der Waals surface area contributed by atoms with Crippen molar-refractivity contribution in [1.29, 1.82) is 0 Å². The molecule has 0 aliphatic carbocycles. The molecule has 33 heavy (non-hydrogen) atoms. The van der Waals surface area contributed by atoms with Gasteiger partial charge in [-0.05, 0) is 59.9 Å². The van der Waals surface area contributed by atoms with Crippen LogP contribution in [0.25, 0.3) is 10.8 Å². The van der Waals surface area contributed by atoms with E-state index in [0.717, 1.165) is 55.5 Å². The van der Waals surface area contributed by atoms with Crippen LogP contribution in [0.5, 0.6) is 0 Å². The Kier molecular flexibility index (Phi) is 7.12. The third-order valence-electron chi connectivity index (χ3n) is 6.47. The summed E-state index contributed by atoms with van der Waals surface area (Å²) in [6.45, 7) is 4.69. The summed E-state index contributed by atoms with van der Waals surface area (Å²) in [5, 5.41) is 7.50. The van der Waals surface area contributed by atoms with Gasteiger partial charge in [0.15, 0.2) is 0 Å². The molecule has 0 atom stereocenters. The molecule has 1 amide bonds. The Labute approximate surface area is 196 Å². The number of anilines is 1. The highest BCUT2D eigenvalue weighted by Gasteiger charge is 2.28. The molecule has 7 heteroatoms. The van der Waals surface area contributed by atoms with E-state index >= 15 is 0 Å². The van der Waals surface area contributed by atoms with Crippen molar-refractivity contribution in [1.82, 2.24) is 4.90 Å². The molecule has 3 aromatic rings. The molecule has 0 saturated carbocycles. The van der Waals surface area contributed by atoms with Crippen LogP contribution in [0.3, 0.4) is 0 Å². The maximum absolute atomic E-state index is 12.9. The van der Waals surface area contributed by atoms with E-state index in [1.165, 1.54) is 5.39 Å². The number of piperidine rings is 1. The van der Waals surface area contributed by atoms with Crippen molar-refractivity contribution in [3.8, 4) is 0 Å². The third kappa shape index (κ3) is 5.61. The van der Waals surface area contributed by atoms with Crippen LogP contribution in [0.4, 0.5) is 5.69 Å². The molecule has 0 radical (unpaired) electrons. The van der Waals surface area contributed by atoms with E-state index in [2.05, 4.69) is 35.2 Å². The van der Waals surface area contributed by atoms with Crippen LogP contribution in [0.15, 0.2) is 71.6 Å². The van der Waals surface area contributed by atoms with Crippen LogP contribution < -0.4 is 10.0 Å². The van der Waals surface area contributed by atoms with Crippen molar-refractivity contribution in [2.45, 2.75) is 43.5 Å². The van der Waals surface area contributed by atoms with Gasteiger partial charge in [0, 0.05) is 37.8 Å². The largest absolute Gasteiger partial charge is 0.309 e. The molecule has 0 aromatic heterocycles. The highest BCUT2D eigenvalue weighted by molar-refractivity contribution is 7.89. The predicted octanol–water partition coefficient (Wildman–Crippen LogP) is 3.94. The van der Waals surface area contributed by atoms with Crippen molar-refractivity contribution < 1.29 is 13.2 Å². The summed E-state index contributed by atoms with van der Waals surface area (Å²) in [4.78, 5) is 17.5. The van der Waals surface area contributed by atoms with Gasteiger partial charge in [-0.3, -0.25) is 4.79 Å². The fourth-order valence-corrected chi connectivity index (χ4v) is 5.10. The Hall–Kier alpha value is -2.74. The molecule has 0 bridgehead atoms. The van der Waals surface area contributed by atoms with Crippen LogP contribution in [0.1, 0.15) is 31.7 Å². The summed E-state index contributed by atoms with van der Waals surface area (Å²) in [5.41, 5.74) is 2.07. The van der Waals surface area contributed by atoms with E-state index in [9.17, 15) is 13.2 Å². The molecule has 1 fully saturated rings. The van der Waals surface area contributed by atoms with Gasteiger partial charge in [0.1, 0.15) is 0 Å². The monoisotopic (exact) mass is 465 g/mol. The number of carbonyl (C=O) groups excluding carboxylic acids is 1. The molecular weight excluding hydrogens is 434 g/mol. The maximum atomic E-state index is 12.9. The first-order chi connectivity index (χ1) is 15.8. The molecule has 4 rings (SSSR count). The van der Waals surface area contributed by atoms with E-state index in [-0.39, 0.29) is 16.8 Å². The van der Waals surface area contributed by atoms with E-state index in [0.29, 0.717) is 6.42 Å². The van der Waals surface area contributed by atoms with Crippen LogP contribution >= 0.6 is 0 Å². The second-order valence-electron chi connectivity index (χ2n) is 8.66. The Morgan fingerprint density at radius 2 is 1.67 bits per heavy atom. The lowest BCUT2D eigenvalue weighted by molar-refractivity contribution is -0.119. The minimum atomic E-state index is -3.66. The average molecular weight is 466 g/mol. The van der Waals surface area contributed by atoms with Crippen LogP contribution in [-0.2, 0) is 21.2 Å². The highest BCUT2D eigenvalue weighted by atomic mass is 32.2. The quantitative estimate of drug-likeness (QED) is 0.573. The number of hydrogen-bond donors (Lipinski definition) is 1. The van der Waals surface area contributed by atoms with Crippen molar-refractivity contribution in [2.75, 3.05) is 24.5 Å². The number of carbonyl (C=O) groups is 1. The van der Waals surface area contributed by atoms with Gasteiger partial charge < -0.3 is 9.80 Å². The number of nitrogens with zero attached hydrogens (tertiary/aromatic N) is 2. The van der Waals surface area contributed by atoms with Crippen LogP contribution in [0.2, 0.25) is 0 Å². The lowest BCUT2D eigenvalue weighted by Crippen LogP contribution is -2.47. The predicted molar refractivity (Wildman–Crippen MR) is 133 cm³/mol. The van der Waals surface area contributed by atoms with Crippen molar-refractivity contribution >= 4 is 32.4 Å². The van der Waals surface area contributed by atoms with E-state index < -0.39 is 10.0 Å². The summed E-state index contributed by atoms with van der Waals surface area (Å²) >= 11 is 0. The number of amides is 1. The molecule has 1 aliphatic rings. The molecule has 0 unspecified atom stereocenters. The molecule has 2 N–H and O–H groups in total. The smallest absolute Gasteiger partial charge is 0.238 e. The minimum Gasteiger partial charge on any atom is -0.309 e. The second kappa shape index (κ2) is 10.0. The van der Waals surface area contributed by atoms with Gasteiger partial charge in [0.25, 0.3) is 0 Å². The average Bonchev–Trinajstić information content (AvgIpc) is 2.83. The van der Waals surface area contributed by atoms with Crippen LogP contribution in [0, 0.1) is 0 Å². The van der Waals surface area contributed by atoms with Gasteiger partial charge in [-0.15, -0.1) is 0 Å². The van der Waals surface area contributed by atoms with E-state index in [1.807, 2.05) is 36.1 Å². The number of likely N-dealkylation sites (tertiary alicyclic amines) is 1. The molecular formula is C26H31N3O3S. The summed E-state index contributed by atoms with van der Waals surface area (Å²) in [7, 11) is -3.66. The lowest BCUT2D eigenvalue weighted by atomic mass is 10.00.